The van der Waals surface area contributed by atoms with Crippen LogP contribution < -0.4 is 24.8 Å². The lowest BCUT2D eigenvalue weighted by Gasteiger charge is -2.30. The molecule has 0 aromatic heterocycles. The molecule has 1 aliphatic heterocycles. The van der Waals surface area contributed by atoms with E-state index in [4.69, 9.17) is 14.2 Å². The summed E-state index contributed by atoms with van der Waals surface area (Å²) in [6.07, 6.45) is 0.950. The van der Waals surface area contributed by atoms with Gasteiger partial charge in [-0.3, -0.25) is 4.79 Å². The molecule has 2 atom stereocenters. The van der Waals surface area contributed by atoms with Gasteiger partial charge in [0.15, 0.2) is 17.3 Å². The van der Waals surface area contributed by atoms with Crippen molar-refractivity contribution in [1.29, 1.82) is 0 Å². The molecule has 0 fully saturated rings. The first kappa shape index (κ1) is 22.8. The normalized spacial score (nSPS) is 19.0. The van der Waals surface area contributed by atoms with E-state index in [1.54, 1.807) is 33.5 Å². The molecule has 5 rings (SSSR count). The van der Waals surface area contributed by atoms with Crippen LogP contribution in [0.1, 0.15) is 35.9 Å². The third-order valence-electron chi connectivity index (χ3n) is 6.70. The van der Waals surface area contributed by atoms with Gasteiger partial charge in [-0.25, -0.2) is 4.39 Å². The summed E-state index contributed by atoms with van der Waals surface area (Å²) in [4.78, 5) is 13.7. The zero-order valence-electron chi connectivity index (χ0n) is 19.9. The van der Waals surface area contributed by atoms with Crippen LogP contribution in [0.5, 0.6) is 17.2 Å². The molecule has 0 radical (unpaired) electrons. The number of rotatable bonds is 5. The van der Waals surface area contributed by atoms with Crippen LogP contribution >= 0.6 is 0 Å². The van der Waals surface area contributed by atoms with E-state index < -0.39 is 6.04 Å². The summed E-state index contributed by atoms with van der Waals surface area (Å²) in [5, 5.41) is 7.08. The zero-order valence-corrected chi connectivity index (χ0v) is 19.9. The van der Waals surface area contributed by atoms with E-state index in [1.165, 1.54) is 12.1 Å². The van der Waals surface area contributed by atoms with Gasteiger partial charge in [0.05, 0.1) is 38.7 Å². The molecule has 35 heavy (non-hydrogen) atoms. The summed E-state index contributed by atoms with van der Waals surface area (Å²) in [6, 6.07) is 17.5. The maximum Gasteiger partial charge on any atom is 0.203 e. The number of nitrogens with one attached hydrogen (secondary N) is 2. The van der Waals surface area contributed by atoms with Gasteiger partial charge < -0.3 is 24.8 Å². The third-order valence-corrected chi connectivity index (χ3v) is 6.70. The number of hydrogen-bond donors (Lipinski definition) is 2. The van der Waals surface area contributed by atoms with Crippen molar-refractivity contribution in [2.45, 2.75) is 24.8 Å². The molecule has 3 aromatic rings. The SMILES string of the molecule is COc1ccc(C2Nc3ccccc3NC3=C2C(=O)CC(c2ccc(F)cc2)C3)c(OC)c1OC. The smallest absolute Gasteiger partial charge is 0.203 e. The van der Waals surface area contributed by atoms with Gasteiger partial charge in [-0.15, -0.1) is 0 Å². The molecule has 0 saturated heterocycles. The standard InChI is InChI=1S/C28H27FN2O4/c1-33-24-13-12-19(27(34-2)28(24)35-3)26-25-22(30-20-6-4-5-7-21(20)31-26)14-17(15-23(25)32)16-8-10-18(29)11-9-16/h4-13,17,26,30-31H,14-15H2,1-3H3. The van der Waals surface area contributed by atoms with Crippen LogP contribution in [0.4, 0.5) is 15.8 Å². The molecule has 0 amide bonds. The molecule has 0 spiro atoms. The highest BCUT2D eigenvalue weighted by Gasteiger charge is 2.38. The van der Waals surface area contributed by atoms with Gasteiger partial charge in [0, 0.05) is 23.3 Å². The average Bonchev–Trinajstić information content (AvgIpc) is 3.04. The van der Waals surface area contributed by atoms with Crippen molar-refractivity contribution in [2.75, 3.05) is 32.0 Å². The van der Waals surface area contributed by atoms with E-state index in [0.717, 1.165) is 28.2 Å². The lowest BCUT2D eigenvalue weighted by atomic mass is 9.78. The van der Waals surface area contributed by atoms with Crippen LogP contribution in [0, 0.1) is 5.82 Å². The molecule has 3 aromatic carbocycles. The number of methoxy groups -OCH3 is 3. The van der Waals surface area contributed by atoms with E-state index >= 15 is 0 Å². The first-order chi connectivity index (χ1) is 17.0. The van der Waals surface area contributed by atoms with Crippen molar-refractivity contribution in [3.05, 3.63) is 88.9 Å². The zero-order chi connectivity index (χ0) is 24.5. The predicted molar refractivity (Wildman–Crippen MR) is 133 cm³/mol. The Morgan fingerprint density at radius 3 is 2.23 bits per heavy atom. The maximum atomic E-state index is 13.7. The van der Waals surface area contributed by atoms with Gasteiger partial charge in [0.1, 0.15) is 5.82 Å². The lowest BCUT2D eigenvalue weighted by Crippen LogP contribution is -2.27. The van der Waals surface area contributed by atoms with E-state index in [-0.39, 0.29) is 17.5 Å². The van der Waals surface area contributed by atoms with E-state index in [9.17, 15) is 9.18 Å². The number of benzene rings is 3. The van der Waals surface area contributed by atoms with Gasteiger partial charge in [0.25, 0.3) is 0 Å². The van der Waals surface area contributed by atoms with Crippen LogP contribution in [0.25, 0.3) is 0 Å². The second-order valence-corrected chi connectivity index (χ2v) is 8.64. The number of carbonyl (C=O) groups is 1. The summed E-state index contributed by atoms with van der Waals surface area (Å²) in [7, 11) is 4.71. The fourth-order valence-corrected chi connectivity index (χ4v) is 5.05. The van der Waals surface area contributed by atoms with Gasteiger partial charge in [-0.1, -0.05) is 24.3 Å². The van der Waals surface area contributed by atoms with Crippen LogP contribution in [-0.2, 0) is 4.79 Å². The molecular weight excluding hydrogens is 447 g/mol. The number of anilines is 2. The second-order valence-electron chi connectivity index (χ2n) is 8.64. The molecule has 1 heterocycles. The Bertz CT molecular complexity index is 1300. The van der Waals surface area contributed by atoms with Crippen molar-refractivity contribution in [3.63, 3.8) is 0 Å². The number of fused-ring (bicyclic) bond motifs is 1. The number of hydrogen-bond acceptors (Lipinski definition) is 6. The van der Waals surface area contributed by atoms with Gasteiger partial charge >= 0.3 is 0 Å². The fourth-order valence-electron chi connectivity index (χ4n) is 5.05. The Morgan fingerprint density at radius 2 is 1.54 bits per heavy atom. The van der Waals surface area contributed by atoms with Gasteiger partial charge in [-0.2, -0.15) is 0 Å². The van der Waals surface area contributed by atoms with Crippen molar-refractivity contribution in [2.24, 2.45) is 0 Å². The largest absolute Gasteiger partial charge is 0.493 e. The maximum absolute atomic E-state index is 13.7. The number of para-hydroxylation sites is 2. The van der Waals surface area contributed by atoms with E-state index in [1.807, 2.05) is 36.4 Å². The molecule has 6 nitrogen and oxygen atoms in total. The van der Waals surface area contributed by atoms with Gasteiger partial charge in [0.2, 0.25) is 5.75 Å². The number of allylic oxidation sites excluding steroid dienone is 1. The minimum atomic E-state index is -0.474. The summed E-state index contributed by atoms with van der Waals surface area (Å²) < 4.78 is 30.4. The highest BCUT2D eigenvalue weighted by atomic mass is 19.1. The molecule has 0 bridgehead atoms. The Kier molecular flexibility index (Phi) is 6.07. The number of ether oxygens (including phenoxy) is 3. The van der Waals surface area contributed by atoms with Crippen molar-refractivity contribution in [3.8, 4) is 17.2 Å². The van der Waals surface area contributed by atoms with Crippen LogP contribution in [0.15, 0.2) is 71.9 Å². The Morgan fingerprint density at radius 1 is 0.829 bits per heavy atom. The van der Waals surface area contributed by atoms with E-state index in [2.05, 4.69) is 10.6 Å². The van der Waals surface area contributed by atoms with Crippen molar-refractivity contribution < 1.29 is 23.4 Å². The highest BCUT2D eigenvalue weighted by Crippen LogP contribution is 2.49. The minimum absolute atomic E-state index is 0.0234. The molecule has 7 heteroatoms. The summed E-state index contributed by atoms with van der Waals surface area (Å²) >= 11 is 0. The molecule has 0 saturated carbocycles. The Labute approximate surface area is 203 Å². The lowest BCUT2D eigenvalue weighted by molar-refractivity contribution is -0.116. The molecule has 2 unspecified atom stereocenters. The number of ketones is 1. The van der Waals surface area contributed by atoms with Crippen LogP contribution in [-0.4, -0.2) is 27.1 Å². The first-order valence-electron chi connectivity index (χ1n) is 11.5. The average molecular weight is 475 g/mol. The molecule has 2 aliphatic rings. The Balaban J connectivity index is 1.66. The number of halogens is 1. The quantitative estimate of drug-likeness (QED) is 0.485. The topological polar surface area (TPSA) is 68.8 Å². The predicted octanol–water partition coefficient (Wildman–Crippen LogP) is 5.83. The number of carbonyl (C=O) groups excluding carboxylic acids is 1. The number of Topliss-reactive ketones (excluding diaryl/α,β-unsaturated/α-hetero) is 1. The van der Waals surface area contributed by atoms with Crippen molar-refractivity contribution >= 4 is 17.2 Å². The fraction of sp³-hybridized carbons (Fsp3) is 0.250. The molecule has 1 aliphatic carbocycles. The third kappa shape index (κ3) is 4.07. The molecular formula is C28H27FN2O4. The monoisotopic (exact) mass is 474 g/mol. The molecule has 2 N–H and O–H groups in total. The van der Waals surface area contributed by atoms with Crippen LogP contribution in [0.2, 0.25) is 0 Å². The summed E-state index contributed by atoms with van der Waals surface area (Å²) in [5.41, 5.74) is 4.97. The summed E-state index contributed by atoms with van der Waals surface area (Å²) in [5.74, 6) is 1.20. The van der Waals surface area contributed by atoms with Gasteiger partial charge in [-0.05, 0) is 54.3 Å². The minimum Gasteiger partial charge on any atom is -0.493 e. The summed E-state index contributed by atoms with van der Waals surface area (Å²) in [6.45, 7) is 0. The van der Waals surface area contributed by atoms with Crippen LogP contribution in [0.3, 0.4) is 0 Å². The van der Waals surface area contributed by atoms with Crippen molar-refractivity contribution in [1.82, 2.24) is 0 Å². The van der Waals surface area contributed by atoms with E-state index in [0.29, 0.717) is 35.7 Å². The first-order valence-corrected chi connectivity index (χ1v) is 11.5. The second kappa shape index (κ2) is 9.33. The Hall–Kier alpha value is -4.00. The highest BCUT2D eigenvalue weighted by molar-refractivity contribution is 6.01. The molecule has 180 valence electrons.